The van der Waals surface area contributed by atoms with Gasteiger partial charge in [-0.1, -0.05) is 30.3 Å². The molecule has 110 valence electrons. The lowest BCUT2D eigenvalue weighted by molar-refractivity contribution is -0.129. The van der Waals surface area contributed by atoms with Gasteiger partial charge in [0.1, 0.15) is 10.0 Å². The third-order valence-corrected chi connectivity index (χ3v) is 4.71. The number of carbonyl (C=O) groups is 1. The Morgan fingerprint density at radius 2 is 2.14 bits per heavy atom. The number of nitrogens with zero attached hydrogens (tertiary/aromatic N) is 3. The molecule has 0 saturated carbocycles. The molecule has 0 N–H and O–H groups in total. The molecule has 1 aliphatic heterocycles. The SMILES string of the molecule is Cc1nnc(CC(=O)N2CCC(Cc3ccccc3)C2)s1. The molecule has 21 heavy (non-hydrogen) atoms. The van der Waals surface area contributed by atoms with Crippen molar-refractivity contribution in [3.63, 3.8) is 0 Å². The van der Waals surface area contributed by atoms with Crippen molar-refractivity contribution in [2.75, 3.05) is 13.1 Å². The van der Waals surface area contributed by atoms with Crippen LogP contribution in [-0.4, -0.2) is 34.1 Å². The molecular formula is C16H19N3OS. The second-order valence-electron chi connectivity index (χ2n) is 5.58. The zero-order valence-corrected chi connectivity index (χ0v) is 13.0. The molecule has 1 unspecified atom stereocenters. The van der Waals surface area contributed by atoms with Crippen LogP contribution in [0.4, 0.5) is 0 Å². The topological polar surface area (TPSA) is 46.1 Å². The summed E-state index contributed by atoms with van der Waals surface area (Å²) in [6.45, 7) is 3.65. The summed E-state index contributed by atoms with van der Waals surface area (Å²) in [6, 6.07) is 10.5. The van der Waals surface area contributed by atoms with Crippen LogP contribution in [0, 0.1) is 12.8 Å². The first-order valence-electron chi connectivity index (χ1n) is 7.31. The zero-order chi connectivity index (χ0) is 14.7. The molecule has 4 nitrogen and oxygen atoms in total. The Morgan fingerprint density at radius 3 is 2.86 bits per heavy atom. The molecule has 1 aromatic heterocycles. The smallest absolute Gasteiger partial charge is 0.229 e. The first kappa shape index (κ1) is 14.2. The molecular weight excluding hydrogens is 282 g/mol. The van der Waals surface area contributed by atoms with Crippen LogP contribution in [-0.2, 0) is 17.6 Å². The molecule has 1 atom stereocenters. The third-order valence-electron chi connectivity index (χ3n) is 3.88. The average Bonchev–Trinajstić information content (AvgIpc) is 3.09. The van der Waals surface area contributed by atoms with Crippen molar-refractivity contribution in [2.24, 2.45) is 5.92 Å². The largest absolute Gasteiger partial charge is 0.342 e. The van der Waals surface area contributed by atoms with Crippen LogP contribution in [0.1, 0.15) is 22.0 Å². The molecule has 0 bridgehead atoms. The molecule has 3 rings (SSSR count). The first-order valence-corrected chi connectivity index (χ1v) is 8.13. The van der Waals surface area contributed by atoms with Crippen LogP contribution in [0.25, 0.3) is 0 Å². The Balaban J connectivity index is 1.53. The predicted octanol–water partition coefficient (Wildman–Crippen LogP) is 2.48. The van der Waals surface area contributed by atoms with E-state index < -0.39 is 0 Å². The van der Waals surface area contributed by atoms with Gasteiger partial charge in [0.25, 0.3) is 0 Å². The minimum atomic E-state index is 0.182. The lowest BCUT2D eigenvalue weighted by Gasteiger charge is -2.15. The highest BCUT2D eigenvalue weighted by Crippen LogP contribution is 2.22. The van der Waals surface area contributed by atoms with E-state index in [0.29, 0.717) is 12.3 Å². The summed E-state index contributed by atoms with van der Waals surface area (Å²) < 4.78 is 0. The maximum atomic E-state index is 12.3. The van der Waals surface area contributed by atoms with E-state index in [9.17, 15) is 4.79 Å². The van der Waals surface area contributed by atoms with Crippen molar-refractivity contribution >= 4 is 17.2 Å². The monoisotopic (exact) mass is 301 g/mol. The molecule has 2 heterocycles. The van der Waals surface area contributed by atoms with Gasteiger partial charge >= 0.3 is 0 Å². The summed E-state index contributed by atoms with van der Waals surface area (Å²) >= 11 is 1.51. The van der Waals surface area contributed by atoms with Crippen LogP contribution in [0.2, 0.25) is 0 Å². The van der Waals surface area contributed by atoms with Crippen LogP contribution >= 0.6 is 11.3 Å². The summed E-state index contributed by atoms with van der Waals surface area (Å²) in [7, 11) is 0. The van der Waals surface area contributed by atoms with E-state index in [1.807, 2.05) is 17.9 Å². The average molecular weight is 301 g/mol. The highest BCUT2D eigenvalue weighted by atomic mass is 32.1. The Bertz CT molecular complexity index is 611. The molecule has 5 heteroatoms. The molecule has 1 saturated heterocycles. The fourth-order valence-corrected chi connectivity index (χ4v) is 3.52. The van der Waals surface area contributed by atoms with Crippen molar-refractivity contribution in [1.29, 1.82) is 0 Å². The van der Waals surface area contributed by atoms with E-state index in [4.69, 9.17) is 0 Å². The Labute approximate surface area is 128 Å². The summed E-state index contributed by atoms with van der Waals surface area (Å²) in [5.41, 5.74) is 1.36. The van der Waals surface area contributed by atoms with Gasteiger partial charge < -0.3 is 4.90 Å². The number of amides is 1. The minimum Gasteiger partial charge on any atom is -0.342 e. The zero-order valence-electron chi connectivity index (χ0n) is 12.2. The van der Waals surface area contributed by atoms with Gasteiger partial charge in [0.05, 0.1) is 6.42 Å². The molecule has 1 fully saturated rings. The predicted molar refractivity (Wildman–Crippen MR) is 83.2 cm³/mol. The normalized spacial score (nSPS) is 18.1. The molecule has 1 aromatic carbocycles. The standard InChI is InChI=1S/C16H19N3OS/c1-12-17-18-15(21-12)10-16(20)19-8-7-14(11-19)9-13-5-3-2-4-6-13/h2-6,14H,7-11H2,1H3. The lowest BCUT2D eigenvalue weighted by Crippen LogP contribution is -2.30. The maximum Gasteiger partial charge on any atom is 0.229 e. The van der Waals surface area contributed by atoms with Crippen molar-refractivity contribution in [3.8, 4) is 0 Å². The molecule has 1 aliphatic rings. The van der Waals surface area contributed by atoms with E-state index in [-0.39, 0.29) is 5.91 Å². The summed E-state index contributed by atoms with van der Waals surface area (Å²) in [5, 5.41) is 9.74. The quantitative estimate of drug-likeness (QED) is 0.871. The van der Waals surface area contributed by atoms with E-state index >= 15 is 0 Å². The highest BCUT2D eigenvalue weighted by Gasteiger charge is 2.26. The van der Waals surface area contributed by atoms with Gasteiger partial charge in [-0.2, -0.15) is 0 Å². The number of rotatable bonds is 4. The fourth-order valence-electron chi connectivity index (χ4n) is 2.82. The van der Waals surface area contributed by atoms with Gasteiger partial charge in [-0.25, -0.2) is 0 Å². The second-order valence-corrected chi connectivity index (χ2v) is 6.84. The molecule has 0 radical (unpaired) electrons. The number of aromatic nitrogens is 2. The molecule has 0 spiro atoms. The van der Waals surface area contributed by atoms with Gasteiger partial charge in [0.15, 0.2) is 0 Å². The Morgan fingerprint density at radius 1 is 1.33 bits per heavy atom. The Kier molecular flexibility index (Phi) is 4.29. The number of likely N-dealkylation sites (tertiary alicyclic amines) is 1. The van der Waals surface area contributed by atoms with Crippen LogP contribution in [0.3, 0.4) is 0 Å². The Hall–Kier alpha value is -1.75. The van der Waals surface area contributed by atoms with Gasteiger partial charge in [0, 0.05) is 13.1 Å². The van der Waals surface area contributed by atoms with Crippen LogP contribution in [0.15, 0.2) is 30.3 Å². The first-order chi connectivity index (χ1) is 10.2. The summed E-state index contributed by atoms with van der Waals surface area (Å²) in [6.07, 6.45) is 2.54. The van der Waals surface area contributed by atoms with Gasteiger partial charge in [-0.15, -0.1) is 21.5 Å². The van der Waals surface area contributed by atoms with E-state index in [1.165, 1.54) is 16.9 Å². The van der Waals surface area contributed by atoms with E-state index in [1.54, 1.807) is 0 Å². The van der Waals surface area contributed by atoms with Crippen molar-refractivity contribution < 1.29 is 4.79 Å². The van der Waals surface area contributed by atoms with Crippen molar-refractivity contribution in [3.05, 3.63) is 45.9 Å². The van der Waals surface area contributed by atoms with E-state index in [0.717, 1.165) is 35.9 Å². The third kappa shape index (κ3) is 3.67. The number of hydrogen-bond acceptors (Lipinski definition) is 4. The lowest BCUT2D eigenvalue weighted by atomic mass is 9.99. The second kappa shape index (κ2) is 6.35. The van der Waals surface area contributed by atoms with Gasteiger partial charge in [-0.3, -0.25) is 4.79 Å². The highest BCUT2D eigenvalue weighted by molar-refractivity contribution is 7.11. The summed E-state index contributed by atoms with van der Waals surface area (Å²) in [4.78, 5) is 14.3. The number of aryl methyl sites for hydroxylation is 1. The van der Waals surface area contributed by atoms with Crippen molar-refractivity contribution in [1.82, 2.24) is 15.1 Å². The van der Waals surface area contributed by atoms with Crippen molar-refractivity contribution in [2.45, 2.75) is 26.2 Å². The van der Waals surface area contributed by atoms with E-state index in [2.05, 4.69) is 34.5 Å². The summed E-state index contributed by atoms with van der Waals surface area (Å²) in [5.74, 6) is 0.759. The molecule has 1 amide bonds. The van der Waals surface area contributed by atoms with Gasteiger partial charge in [0.2, 0.25) is 5.91 Å². The molecule has 2 aromatic rings. The maximum absolute atomic E-state index is 12.3. The minimum absolute atomic E-state index is 0.182. The van der Waals surface area contributed by atoms with Crippen LogP contribution < -0.4 is 0 Å². The fraction of sp³-hybridized carbons (Fsp3) is 0.438. The number of carbonyl (C=O) groups excluding carboxylic acids is 1. The molecule has 0 aliphatic carbocycles. The van der Waals surface area contributed by atoms with Crippen LogP contribution in [0.5, 0.6) is 0 Å². The van der Waals surface area contributed by atoms with Gasteiger partial charge in [-0.05, 0) is 31.2 Å². The number of benzene rings is 1. The number of hydrogen-bond donors (Lipinski definition) is 0.